The van der Waals surface area contributed by atoms with Gasteiger partial charge in [-0.05, 0) is 43.1 Å². The van der Waals surface area contributed by atoms with Gasteiger partial charge in [-0.15, -0.1) is 0 Å². The summed E-state index contributed by atoms with van der Waals surface area (Å²) in [5.74, 6) is 0. The van der Waals surface area contributed by atoms with E-state index in [2.05, 4.69) is 24.1 Å². The second-order valence-corrected chi connectivity index (χ2v) is 4.67. The van der Waals surface area contributed by atoms with Crippen LogP contribution in [0.3, 0.4) is 0 Å². The summed E-state index contributed by atoms with van der Waals surface area (Å²) in [4.78, 5) is 2.34. The normalized spacial score (nSPS) is 22.2. The fraction of sp³-hybridized carbons (Fsp3) is 0.500. The van der Waals surface area contributed by atoms with Gasteiger partial charge >= 0.3 is 0 Å². The number of likely N-dealkylation sites (N-methyl/N-ethyl adjacent to an activating group) is 1. The van der Waals surface area contributed by atoms with Crippen LogP contribution in [0.15, 0.2) is 18.2 Å². The van der Waals surface area contributed by atoms with Crippen molar-refractivity contribution in [2.75, 3.05) is 20.1 Å². The van der Waals surface area contributed by atoms with Crippen molar-refractivity contribution in [1.29, 1.82) is 0 Å². The quantitative estimate of drug-likeness (QED) is 0.787. The van der Waals surface area contributed by atoms with Crippen LogP contribution in [-0.4, -0.2) is 31.1 Å². The molecule has 2 rings (SSSR count). The number of hydrogen-bond acceptors (Lipinski definition) is 2. The van der Waals surface area contributed by atoms with E-state index in [1.807, 2.05) is 6.07 Å². The topological polar surface area (TPSA) is 29.3 Å². The maximum absolute atomic E-state index is 6.01. The molecule has 1 unspecified atom stereocenters. The Morgan fingerprint density at radius 2 is 2.27 bits per heavy atom. The van der Waals surface area contributed by atoms with Gasteiger partial charge in [-0.2, -0.15) is 0 Å². The van der Waals surface area contributed by atoms with Crippen molar-refractivity contribution in [3.63, 3.8) is 0 Å². The molecule has 1 aliphatic rings. The Bertz CT molecular complexity index is 351. The number of rotatable bonds is 1. The zero-order valence-corrected chi connectivity index (χ0v) is 9.80. The Morgan fingerprint density at radius 3 is 3.00 bits per heavy atom. The van der Waals surface area contributed by atoms with E-state index in [1.54, 1.807) is 0 Å². The molecule has 1 atom stereocenters. The molecule has 0 saturated carbocycles. The average molecular weight is 225 g/mol. The van der Waals surface area contributed by atoms with Crippen LogP contribution >= 0.6 is 11.6 Å². The van der Waals surface area contributed by atoms with Gasteiger partial charge in [-0.3, -0.25) is 0 Å². The van der Waals surface area contributed by atoms with Crippen molar-refractivity contribution >= 4 is 11.6 Å². The maximum atomic E-state index is 6.01. The third kappa shape index (κ3) is 2.33. The smallest absolute Gasteiger partial charge is 0.0408 e. The molecule has 0 aromatic heterocycles. The molecule has 1 aromatic carbocycles. The minimum Gasteiger partial charge on any atom is -0.329 e. The van der Waals surface area contributed by atoms with Crippen LogP contribution in [0.5, 0.6) is 0 Å². The second kappa shape index (κ2) is 4.52. The van der Waals surface area contributed by atoms with Crippen molar-refractivity contribution < 1.29 is 0 Å². The number of hydrogen-bond donors (Lipinski definition) is 1. The van der Waals surface area contributed by atoms with Crippen molar-refractivity contribution in [1.82, 2.24) is 4.90 Å². The fourth-order valence-corrected chi connectivity index (χ4v) is 2.38. The maximum Gasteiger partial charge on any atom is 0.0408 e. The second-order valence-electron chi connectivity index (χ2n) is 4.24. The molecule has 0 amide bonds. The van der Waals surface area contributed by atoms with Gasteiger partial charge < -0.3 is 10.6 Å². The lowest BCUT2D eigenvalue weighted by molar-refractivity contribution is 0.256. The minimum atomic E-state index is 0.449. The molecule has 82 valence electrons. The third-order valence-corrected chi connectivity index (χ3v) is 3.49. The van der Waals surface area contributed by atoms with Crippen LogP contribution in [0.25, 0.3) is 0 Å². The average Bonchev–Trinajstić information content (AvgIpc) is 2.38. The first kappa shape index (κ1) is 10.9. The summed E-state index contributed by atoms with van der Waals surface area (Å²) in [5, 5.41) is 0.828. The molecule has 3 heteroatoms. The Hall–Kier alpha value is -0.570. The molecule has 0 spiro atoms. The highest BCUT2D eigenvalue weighted by Crippen LogP contribution is 2.22. The van der Waals surface area contributed by atoms with Crippen LogP contribution in [-0.2, 0) is 12.8 Å². The summed E-state index contributed by atoms with van der Waals surface area (Å²) in [5.41, 5.74) is 8.57. The van der Waals surface area contributed by atoms with Crippen molar-refractivity contribution in [3.05, 3.63) is 34.3 Å². The van der Waals surface area contributed by atoms with Crippen LogP contribution in [0.2, 0.25) is 5.02 Å². The molecule has 2 N–H and O–H groups in total. The molecule has 0 fully saturated rings. The molecule has 15 heavy (non-hydrogen) atoms. The minimum absolute atomic E-state index is 0.449. The number of nitrogens with two attached hydrogens (primary N) is 1. The zero-order valence-electron chi connectivity index (χ0n) is 9.04. The number of nitrogens with zero attached hydrogens (tertiary/aromatic N) is 1. The van der Waals surface area contributed by atoms with Gasteiger partial charge in [-0.1, -0.05) is 17.7 Å². The first-order valence-electron chi connectivity index (χ1n) is 5.38. The fourth-order valence-electron chi connectivity index (χ4n) is 2.18. The van der Waals surface area contributed by atoms with Gasteiger partial charge in [0.25, 0.3) is 0 Å². The first-order valence-corrected chi connectivity index (χ1v) is 5.76. The summed E-state index contributed by atoms with van der Waals surface area (Å²) in [6, 6.07) is 6.65. The Labute approximate surface area is 96.0 Å². The molecule has 1 heterocycles. The van der Waals surface area contributed by atoms with Crippen LogP contribution in [0, 0.1) is 0 Å². The molecule has 0 saturated heterocycles. The van der Waals surface area contributed by atoms with E-state index in [0.717, 1.165) is 24.4 Å². The monoisotopic (exact) mass is 224 g/mol. The van der Waals surface area contributed by atoms with E-state index >= 15 is 0 Å². The molecule has 2 nitrogen and oxygen atoms in total. The Kier molecular flexibility index (Phi) is 3.29. The molecule has 0 radical (unpaired) electrons. The summed E-state index contributed by atoms with van der Waals surface area (Å²) < 4.78 is 0. The lowest BCUT2D eigenvalue weighted by Gasteiger charge is -2.23. The molecule has 1 aliphatic heterocycles. The molecule has 0 bridgehead atoms. The molecular weight excluding hydrogens is 208 g/mol. The van der Waals surface area contributed by atoms with E-state index in [1.165, 1.54) is 11.1 Å². The van der Waals surface area contributed by atoms with Gasteiger partial charge in [0.05, 0.1) is 0 Å². The molecule has 1 aromatic rings. The third-order valence-electron chi connectivity index (χ3n) is 3.25. The predicted molar refractivity (Wildman–Crippen MR) is 64.3 cm³/mol. The number of benzene rings is 1. The highest BCUT2D eigenvalue weighted by molar-refractivity contribution is 6.30. The van der Waals surface area contributed by atoms with Crippen molar-refractivity contribution in [2.45, 2.75) is 18.9 Å². The first-order chi connectivity index (χ1) is 7.20. The lowest BCUT2D eigenvalue weighted by atomic mass is 10.0. The lowest BCUT2D eigenvalue weighted by Crippen LogP contribution is -2.39. The van der Waals surface area contributed by atoms with E-state index in [4.69, 9.17) is 17.3 Å². The number of fused-ring (bicyclic) bond motifs is 1. The summed E-state index contributed by atoms with van der Waals surface area (Å²) in [6.45, 7) is 1.79. The van der Waals surface area contributed by atoms with Crippen LogP contribution < -0.4 is 5.73 Å². The van der Waals surface area contributed by atoms with E-state index < -0.39 is 0 Å². The van der Waals surface area contributed by atoms with E-state index in [-0.39, 0.29) is 0 Å². The zero-order chi connectivity index (χ0) is 10.8. The van der Waals surface area contributed by atoms with Gasteiger partial charge in [-0.25, -0.2) is 0 Å². The Morgan fingerprint density at radius 1 is 1.47 bits per heavy atom. The van der Waals surface area contributed by atoms with E-state index in [9.17, 15) is 0 Å². The summed E-state index contributed by atoms with van der Waals surface area (Å²) >= 11 is 6.01. The highest BCUT2D eigenvalue weighted by atomic mass is 35.5. The van der Waals surface area contributed by atoms with Crippen LogP contribution in [0.1, 0.15) is 11.1 Å². The largest absolute Gasteiger partial charge is 0.329 e. The van der Waals surface area contributed by atoms with Crippen molar-refractivity contribution in [3.8, 4) is 0 Å². The Balaban J connectivity index is 2.30. The standard InChI is InChI=1S/C12H17ClN2/c1-15-5-4-9-2-3-11(13)6-10(9)7-12(15)8-14/h2-3,6,12H,4-5,7-8,14H2,1H3. The van der Waals surface area contributed by atoms with Gasteiger partial charge in [0.2, 0.25) is 0 Å². The van der Waals surface area contributed by atoms with Crippen molar-refractivity contribution in [2.24, 2.45) is 5.73 Å². The van der Waals surface area contributed by atoms with Crippen LogP contribution in [0.4, 0.5) is 0 Å². The van der Waals surface area contributed by atoms with E-state index in [0.29, 0.717) is 12.6 Å². The van der Waals surface area contributed by atoms with Gasteiger partial charge in [0.1, 0.15) is 0 Å². The SMILES string of the molecule is CN1CCc2ccc(Cl)cc2CC1CN. The molecular formula is C12H17ClN2. The summed E-state index contributed by atoms with van der Waals surface area (Å²) in [7, 11) is 2.14. The molecule has 0 aliphatic carbocycles. The van der Waals surface area contributed by atoms with Gasteiger partial charge in [0, 0.05) is 24.2 Å². The summed E-state index contributed by atoms with van der Waals surface area (Å²) in [6.07, 6.45) is 2.11. The van der Waals surface area contributed by atoms with Gasteiger partial charge in [0.15, 0.2) is 0 Å². The number of halogens is 1. The highest BCUT2D eigenvalue weighted by Gasteiger charge is 2.19. The predicted octanol–water partition coefficient (Wildman–Crippen LogP) is 1.70.